The van der Waals surface area contributed by atoms with Crippen molar-refractivity contribution < 1.29 is 14.3 Å². The van der Waals surface area contributed by atoms with Crippen molar-refractivity contribution in [3.8, 4) is 5.75 Å². The van der Waals surface area contributed by atoms with Crippen LogP contribution in [-0.2, 0) is 4.79 Å². The van der Waals surface area contributed by atoms with Gasteiger partial charge in [0.15, 0.2) is 11.8 Å². The van der Waals surface area contributed by atoms with E-state index in [4.69, 9.17) is 9.72 Å². The average molecular weight is 434 g/mol. The molecule has 1 saturated carbocycles. The Labute approximate surface area is 186 Å². The lowest BCUT2D eigenvalue weighted by molar-refractivity contribution is -0.135. The van der Waals surface area contributed by atoms with Gasteiger partial charge in [0.25, 0.3) is 11.8 Å². The van der Waals surface area contributed by atoms with Crippen LogP contribution in [0.2, 0.25) is 0 Å². The van der Waals surface area contributed by atoms with Crippen LogP contribution in [0.15, 0.2) is 36.5 Å². The molecule has 1 aliphatic heterocycles. The van der Waals surface area contributed by atoms with Crippen LogP contribution in [-0.4, -0.2) is 58.2 Å². The summed E-state index contributed by atoms with van der Waals surface area (Å²) >= 11 is 0. The highest BCUT2D eigenvalue weighted by Crippen LogP contribution is 2.41. The van der Waals surface area contributed by atoms with Gasteiger partial charge in [-0.1, -0.05) is 12.1 Å². The van der Waals surface area contributed by atoms with E-state index < -0.39 is 6.10 Å². The molecule has 1 atom stereocenters. The zero-order valence-corrected chi connectivity index (χ0v) is 18.8. The maximum atomic E-state index is 14.0. The van der Waals surface area contributed by atoms with Gasteiger partial charge in [0.05, 0.1) is 29.4 Å². The minimum Gasteiger partial charge on any atom is -0.476 e. The number of benzene rings is 1. The lowest BCUT2D eigenvalue weighted by Gasteiger charge is -2.35. The van der Waals surface area contributed by atoms with Gasteiger partial charge >= 0.3 is 0 Å². The molecule has 0 saturated heterocycles. The minimum atomic E-state index is -0.762. The van der Waals surface area contributed by atoms with Crippen LogP contribution in [0.1, 0.15) is 54.7 Å². The van der Waals surface area contributed by atoms with Gasteiger partial charge in [0.1, 0.15) is 5.75 Å². The fraction of sp³-hybridized carbons (Fsp3) is 0.417. The number of aromatic nitrogens is 3. The third-order valence-corrected chi connectivity index (χ3v) is 6.04. The Morgan fingerprint density at radius 1 is 1.19 bits per heavy atom. The van der Waals surface area contributed by atoms with Crippen molar-refractivity contribution in [3.63, 3.8) is 0 Å². The number of anilines is 1. The summed E-state index contributed by atoms with van der Waals surface area (Å²) in [5, 5.41) is 5.24. The molecule has 2 aromatic heterocycles. The van der Waals surface area contributed by atoms with Crippen LogP contribution < -0.4 is 9.64 Å². The first-order valence-corrected chi connectivity index (χ1v) is 11.0. The number of likely N-dealkylation sites (N-methyl/N-ethyl adjacent to an activating group) is 1. The van der Waals surface area contributed by atoms with Crippen molar-refractivity contribution >= 4 is 28.5 Å². The van der Waals surface area contributed by atoms with Gasteiger partial charge in [-0.2, -0.15) is 5.10 Å². The molecule has 1 fully saturated rings. The maximum Gasteiger partial charge on any atom is 0.265 e. The molecule has 32 heavy (non-hydrogen) atoms. The molecule has 0 N–H and O–H groups in total. The number of pyridine rings is 1. The number of amides is 2. The molecular weight excluding hydrogens is 406 g/mol. The largest absolute Gasteiger partial charge is 0.476 e. The van der Waals surface area contributed by atoms with E-state index in [2.05, 4.69) is 18.9 Å². The number of para-hydroxylation sites is 2. The van der Waals surface area contributed by atoms with E-state index in [0.717, 1.165) is 29.6 Å². The maximum absolute atomic E-state index is 14.0. The van der Waals surface area contributed by atoms with Crippen LogP contribution in [0.5, 0.6) is 5.75 Å². The van der Waals surface area contributed by atoms with Crippen molar-refractivity contribution in [2.24, 2.45) is 0 Å². The molecule has 8 heteroatoms. The van der Waals surface area contributed by atoms with Crippen LogP contribution in [0, 0.1) is 0 Å². The number of hydrogen-bond acceptors (Lipinski definition) is 5. The molecule has 0 spiro atoms. The fourth-order valence-corrected chi connectivity index (χ4v) is 4.17. The summed E-state index contributed by atoms with van der Waals surface area (Å²) in [4.78, 5) is 34.7. The van der Waals surface area contributed by atoms with E-state index >= 15 is 0 Å². The van der Waals surface area contributed by atoms with Crippen LogP contribution in [0.25, 0.3) is 11.0 Å². The molecular formula is C24H27N5O3. The highest BCUT2D eigenvalue weighted by Gasteiger charge is 2.36. The molecule has 5 rings (SSSR count). The predicted octanol–water partition coefficient (Wildman–Crippen LogP) is 3.39. The van der Waals surface area contributed by atoms with Gasteiger partial charge in [-0.3, -0.25) is 9.59 Å². The number of fused-ring (bicyclic) bond motifs is 2. The summed E-state index contributed by atoms with van der Waals surface area (Å²) in [6.45, 7) is 4.25. The quantitative estimate of drug-likeness (QED) is 0.630. The third kappa shape index (κ3) is 3.39. The Morgan fingerprint density at radius 3 is 2.62 bits per heavy atom. The molecule has 1 aromatic carbocycles. The summed E-state index contributed by atoms with van der Waals surface area (Å²) < 4.78 is 7.82. The molecule has 3 heterocycles. The molecule has 0 bridgehead atoms. The van der Waals surface area contributed by atoms with Crippen LogP contribution >= 0.6 is 0 Å². The summed E-state index contributed by atoms with van der Waals surface area (Å²) in [5.74, 6) is 0.567. The second-order valence-electron chi connectivity index (χ2n) is 9.01. The van der Waals surface area contributed by atoms with Gasteiger partial charge in [-0.25, -0.2) is 9.67 Å². The Kier molecular flexibility index (Phi) is 4.87. The zero-order valence-electron chi connectivity index (χ0n) is 18.8. The smallest absolute Gasteiger partial charge is 0.265 e. The fourth-order valence-electron chi connectivity index (χ4n) is 4.17. The minimum absolute atomic E-state index is 0.128. The van der Waals surface area contributed by atoms with E-state index in [1.54, 1.807) is 31.3 Å². The third-order valence-electron chi connectivity index (χ3n) is 6.04. The Morgan fingerprint density at radius 2 is 1.94 bits per heavy atom. The first-order valence-electron chi connectivity index (χ1n) is 11.0. The second-order valence-corrected chi connectivity index (χ2v) is 9.01. The summed E-state index contributed by atoms with van der Waals surface area (Å²) in [7, 11) is 3.37. The standard InChI is InChI=1S/C24H27N5O3/c1-14(2)29-22-17(12-25-29)16(11-18(26-22)15-9-10-15)23(30)28-13-21(24(31)27(3)4)32-20-8-6-5-7-19(20)28/h5-8,11-12,14-15,21H,9-10,13H2,1-4H3. The van der Waals surface area contributed by atoms with Crippen LogP contribution in [0.3, 0.4) is 0 Å². The lowest BCUT2D eigenvalue weighted by Crippen LogP contribution is -2.50. The van der Waals surface area contributed by atoms with Gasteiger partial charge in [0, 0.05) is 31.7 Å². The molecule has 0 radical (unpaired) electrons. The van der Waals surface area contributed by atoms with Crippen molar-refractivity contribution in [2.45, 2.75) is 44.8 Å². The monoisotopic (exact) mass is 433 g/mol. The van der Waals surface area contributed by atoms with E-state index in [0.29, 0.717) is 22.9 Å². The molecule has 3 aromatic rings. The Balaban J connectivity index is 1.62. The molecule has 2 aliphatic rings. The van der Waals surface area contributed by atoms with Gasteiger partial charge in [0.2, 0.25) is 0 Å². The average Bonchev–Trinajstić information content (AvgIpc) is 3.55. The molecule has 8 nitrogen and oxygen atoms in total. The Hall–Kier alpha value is -3.42. The Bertz CT molecular complexity index is 1210. The van der Waals surface area contributed by atoms with Crippen molar-refractivity contribution in [2.75, 3.05) is 25.5 Å². The lowest BCUT2D eigenvalue weighted by atomic mass is 10.1. The number of hydrogen-bond donors (Lipinski definition) is 0. The number of nitrogens with zero attached hydrogens (tertiary/aromatic N) is 5. The van der Waals surface area contributed by atoms with Gasteiger partial charge < -0.3 is 14.5 Å². The van der Waals surface area contributed by atoms with Crippen molar-refractivity contribution in [1.82, 2.24) is 19.7 Å². The van der Waals surface area contributed by atoms with Gasteiger partial charge in [-0.05, 0) is 44.9 Å². The highest BCUT2D eigenvalue weighted by atomic mass is 16.5. The zero-order chi connectivity index (χ0) is 22.6. The van der Waals surface area contributed by atoms with E-state index in [-0.39, 0.29) is 24.4 Å². The predicted molar refractivity (Wildman–Crippen MR) is 121 cm³/mol. The number of carbonyl (C=O) groups is 2. The normalized spacial score (nSPS) is 17.9. The summed E-state index contributed by atoms with van der Waals surface area (Å²) in [5.41, 5.74) is 2.90. The van der Waals surface area contributed by atoms with E-state index in [9.17, 15) is 9.59 Å². The molecule has 1 unspecified atom stereocenters. The second kappa shape index (κ2) is 7.62. The first kappa shape index (κ1) is 20.5. The molecule has 2 amide bonds. The molecule has 1 aliphatic carbocycles. The number of carbonyl (C=O) groups excluding carboxylic acids is 2. The topological polar surface area (TPSA) is 80.6 Å². The highest BCUT2D eigenvalue weighted by molar-refractivity contribution is 6.14. The number of ether oxygens (including phenoxy) is 1. The number of rotatable bonds is 4. The summed E-state index contributed by atoms with van der Waals surface area (Å²) in [6.07, 6.45) is 3.13. The SMILES string of the molecule is CC(C)n1ncc2c(C(=O)N3CC(C(=O)N(C)C)Oc4ccccc43)cc(C3CC3)nc21. The first-order chi connectivity index (χ1) is 15.3. The van der Waals surface area contributed by atoms with Crippen LogP contribution in [0.4, 0.5) is 5.69 Å². The van der Waals surface area contributed by atoms with E-state index in [1.165, 1.54) is 4.90 Å². The van der Waals surface area contributed by atoms with E-state index in [1.807, 2.05) is 28.9 Å². The summed E-state index contributed by atoms with van der Waals surface area (Å²) in [6, 6.07) is 9.39. The molecule has 166 valence electrons. The van der Waals surface area contributed by atoms with Gasteiger partial charge in [-0.15, -0.1) is 0 Å². The van der Waals surface area contributed by atoms with Crippen molar-refractivity contribution in [1.29, 1.82) is 0 Å². The van der Waals surface area contributed by atoms with Crippen molar-refractivity contribution in [3.05, 3.63) is 47.8 Å².